The van der Waals surface area contributed by atoms with Gasteiger partial charge in [-0.05, 0) is 54.3 Å². The van der Waals surface area contributed by atoms with E-state index >= 15 is 0 Å². The first kappa shape index (κ1) is 22.9. The van der Waals surface area contributed by atoms with Crippen molar-refractivity contribution in [1.82, 2.24) is 14.6 Å². The number of rotatable bonds is 9. The Bertz CT molecular complexity index is 1110. The van der Waals surface area contributed by atoms with Crippen molar-refractivity contribution in [2.75, 3.05) is 14.1 Å². The van der Waals surface area contributed by atoms with Crippen molar-refractivity contribution in [1.29, 1.82) is 0 Å². The Morgan fingerprint density at radius 1 is 0.968 bits per heavy atom. The maximum Gasteiger partial charge on any atom is 0.242 e. The van der Waals surface area contributed by atoms with Gasteiger partial charge in [0.05, 0.1) is 10.6 Å². The third-order valence-electron chi connectivity index (χ3n) is 4.99. The van der Waals surface area contributed by atoms with E-state index in [1.54, 1.807) is 32.4 Å². The van der Waals surface area contributed by atoms with Crippen LogP contribution in [-0.2, 0) is 29.7 Å². The van der Waals surface area contributed by atoms with Gasteiger partial charge in [0.1, 0.15) is 12.4 Å². The topological polar surface area (TPSA) is 71.5 Å². The Morgan fingerprint density at radius 3 is 2.29 bits per heavy atom. The van der Waals surface area contributed by atoms with E-state index in [0.717, 1.165) is 33.7 Å². The normalized spacial score (nSPS) is 11.6. The summed E-state index contributed by atoms with van der Waals surface area (Å²) in [5, 5.41) is 3.37. The van der Waals surface area contributed by atoms with Crippen LogP contribution >= 0.6 is 0 Å². The Hall–Kier alpha value is -2.74. The molecule has 0 amide bonds. The summed E-state index contributed by atoms with van der Waals surface area (Å²) in [4.78, 5) is 4.63. The predicted octanol–water partition coefficient (Wildman–Crippen LogP) is 3.82. The molecule has 0 saturated heterocycles. The summed E-state index contributed by atoms with van der Waals surface area (Å²) in [6, 6.07) is 17.1. The highest BCUT2D eigenvalue weighted by molar-refractivity contribution is 7.89. The molecular formula is C24H29N3O3S. The van der Waals surface area contributed by atoms with Crippen molar-refractivity contribution in [2.24, 2.45) is 0 Å². The molecule has 3 rings (SSSR count). The van der Waals surface area contributed by atoms with Crippen LogP contribution in [0.15, 0.2) is 65.7 Å². The summed E-state index contributed by atoms with van der Waals surface area (Å²) in [5.74, 6) is 0.872. The molecule has 2 aromatic carbocycles. The maximum atomic E-state index is 12.6. The molecule has 0 atom stereocenters. The molecule has 0 aliphatic heterocycles. The van der Waals surface area contributed by atoms with Crippen molar-refractivity contribution in [3.63, 3.8) is 0 Å². The van der Waals surface area contributed by atoms with Gasteiger partial charge < -0.3 is 10.1 Å². The van der Waals surface area contributed by atoms with E-state index in [9.17, 15) is 8.42 Å². The highest BCUT2D eigenvalue weighted by Gasteiger charge is 2.20. The number of aryl methyl sites for hydroxylation is 2. The van der Waals surface area contributed by atoms with Gasteiger partial charge in [-0.2, -0.15) is 0 Å². The second kappa shape index (κ2) is 10.0. The van der Waals surface area contributed by atoms with Crippen LogP contribution in [0.1, 0.15) is 27.9 Å². The molecule has 0 saturated carbocycles. The molecular weight excluding hydrogens is 410 g/mol. The van der Waals surface area contributed by atoms with E-state index in [-0.39, 0.29) is 0 Å². The lowest BCUT2D eigenvalue weighted by atomic mass is 10.1. The van der Waals surface area contributed by atoms with E-state index in [2.05, 4.69) is 22.4 Å². The van der Waals surface area contributed by atoms with Crippen molar-refractivity contribution in [3.05, 3.63) is 88.7 Å². The van der Waals surface area contributed by atoms with Crippen LogP contribution in [0.25, 0.3) is 0 Å². The number of pyridine rings is 1. The molecule has 0 fully saturated rings. The van der Waals surface area contributed by atoms with Crippen LogP contribution in [0.3, 0.4) is 0 Å². The molecule has 1 N–H and O–H groups in total. The minimum Gasteiger partial charge on any atom is -0.487 e. The molecule has 1 aromatic heterocycles. The number of hydrogen-bond donors (Lipinski definition) is 1. The van der Waals surface area contributed by atoms with Crippen molar-refractivity contribution < 1.29 is 13.2 Å². The SMILES string of the molecule is Cc1cc(CNCc2ccccc2S(=O)(=O)N(C)C)cc(C)c1OCc1ccccn1. The Balaban J connectivity index is 1.66. The molecule has 1 heterocycles. The first-order chi connectivity index (χ1) is 14.8. The summed E-state index contributed by atoms with van der Waals surface area (Å²) in [7, 11) is -0.391. The van der Waals surface area contributed by atoms with Gasteiger partial charge in [0.25, 0.3) is 0 Å². The lowest BCUT2D eigenvalue weighted by Crippen LogP contribution is -2.24. The van der Waals surface area contributed by atoms with E-state index in [0.29, 0.717) is 24.6 Å². The molecule has 0 aliphatic carbocycles. The number of hydrogen-bond acceptors (Lipinski definition) is 5. The van der Waals surface area contributed by atoms with Gasteiger partial charge in [-0.1, -0.05) is 36.4 Å². The van der Waals surface area contributed by atoms with Crippen LogP contribution in [0, 0.1) is 13.8 Å². The lowest BCUT2D eigenvalue weighted by Gasteiger charge is -2.16. The minimum absolute atomic E-state index is 0.332. The number of aromatic nitrogens is 1. The van der Waals surface area contributed by atoms with E-state index in [1.807, 2.05) is 44.2 Å². The third-order valence-corrected chi connectivity index (χ3v) is 6.90. The van der Waals surface area contributed by atoms with Crippen LogP contribution < -0.4 is 10.1 Å². The molecule has 3 aromatic rings. The van der Waals surface area contributed by atoms with Crippen molar-refractivity contribution >= 4 is 10.0 Å². The van der Waals surface area contributed by atoms with Crippen molar-refractivity contribution in [2.45, 2.75) is 38.4 Å². The highest BCUT2D eigenvalue weighted by Crippen LogP contribution is 2.26. The monoisotopic (exact) mass is 439 g/mol. The fraction of sp³-hybridized carbons (Fsp3) is 0.292. The number of sulfonamides is 1. The van der Waals surface area contributed by atoms with Crippen LogP contribution in [0.4, 0.5) is 0 Å². The molecule has 0 radical (unpaired) electrons. The van der Waals surface area contributed by atoms with E-state index in [4.69, 9.17) is 4.74 Å². The van der Waals surface area contributed by atoms with Gasteiger partial charge in [0.2, 0.25) is 10.0 Å². The number of ether oxygens (including phenoxy) is 1. The lowest BCUT2D eigenvalue weighted by molar-refractivity contribution is 0.297. The molecule has 7 heteroatoms. The van der Waals surface area contributed by atoms with Gasteiger partial charge in [-0.25, -0.2) is 12.7 Å². The number of nitrogens with zero attached hydrogens (tertiary/aromatic N) is 2. The van der Waals surface area contributed by atoms with Crippen molar-refractivity contribution in [3.8, 4) is 5.75 Å². The average Bonchev–Trinajstić information content (AvgIpc) is 2.74. The highest BCUT2D eigenvalue weighted by atomic mass is 32.2. The Kier molecular flexibility index (Phi) is 7.43. The molecule has 0 unspecified atom stereocenters. The first-order valence-corrected chi connectivity index (χ1v) is 11.6. The largest absolute Gasteiger partial charge is 0.487 e. The fourth-order valence-corrected chi connectivity index (χ4v) is 4.55. The Labute approximate surface area is 185 Å². The zero-order valence-corrected chi connectivity index (χ0v) is 19.2. The second-order valence-electron chi connectivity index (χ2n) is 7.67. The molecule has 0 bridgehead atoms. The van der Waals surface area contributed by atoms with Gasteiger partial charge in [-0.3, -0.25) is 4.98 Å². The number of nitrogens with one attached hydrogen (secondary N) is 1. The van der Waals surface area contributed by atoms with Gasteiger partial charge in [0.15, 0.2) is 0 Å². The molecule has 6 nitrogen and oxygen atoms in total. The summed E-state index contributed by atoms with van der Waals surface area (Å²) >= 11 is 0. The first-order valence-electron chi connectivity index (χ1n) is 10.1. The van der Waals surface area contributed by atoms with Gasteiger partial charge in [-0.15, -0.1) is 0 Å². The maximum absolute atomic E-state index is 12.6. The summed E-state index contributed by atoms with van der Waals surface area (Å²) in [6.07, 6.45) is 1.76. The van der Waals surface area contributed by atoms with Crippen LogP contribution in [-0.4, -0.2) is 31.8 Å². The number of benzene rings is 2. The Morgan fingerprint density at radius 2 is 1.65 bits per heavy atom. The van der Waals surface area contributed by atoms with E-state index in [1.165, 1.54) is 4.31 Å². The molecule has 0 spiro atoms. The molecule has 31 heavy (non-hydrogen) atoms. The predicted molar refractivity (Wildman–Crippen MR) is 122 cm³/mol. The second-order valence-corrected chi connectivity index (χ2v) is 9.79. The summed E-state index contributed by atoms with van der Waals surface area (Å²) < 4.78 is 32.4. The van der Waals surface area contributed by atoms with E-state index < -0.39 is 10.0 Å². The third kappa shape index (κ3) is 5.70. The average molecular weight is 440 g/mol. The standard InChI is InChI=1S/C24H29N3O3S/c1-18-13-20(14-19(2)24(18)30-17-22-10-7-8-12-26-22)15-25-16-21-9-5-6-11-23(21)31(28,29)27(3)4/h5-14,25H,15-17H2,1-4H3. The fourth-order valence-electron chi connectivity index (χ4n) is 3.44. The van der Waals surface area contributed by atoms with Gasteiger partial charge >= 0.3 is 0 Å². The zero-order valence-electron chi connectivity index (χ0n) is 18.4. The molecule has 0 aliphatic rings. The van der Waals surface area contributed by atoms with Crippen LogP contribution in [0.2, 0.25) is 0 Å². The molecule has 164 valence electrons. The summed E-state index contributed by atoms with van der Waals surface area (Å²) in [6.45, 7) is 5.57. The smallest absolute Gasteiger partial charge is 0.242 e. The van der Waals surface area contributed by atoms with Crippen LogP contribution in [0.5, 0.6) is 5.75 Å². The quantitative estimate of drug-likeness (QED) is 0.549. The summed E-state index contributed by atoms with van der Waals surface area (Å²) in [5.41, 5.74) is 4.87. The van der Waals surface area contributed by atoms with Gasteiger partial charge in [0, 0.05) is 33.4 Å². The zero-order chi connectivity index (χ0) is 22.4. The minimum atomic E-state index is -3.48.